The van der Waals surface area contributed by atoms with E-state index in [2.05, 4.69) is 10.3 Å². The minimum absolute atomic E-state index is 0.0588. The topological polar surface area (TPSA) is 84.0 Å². The first kappa shape index (κ1) is 19.5. The fraction of sp³-hybridized carbons (Fsp3) is 0.286. The van der Waals surface area contributed by atoms with E-state index < -0.39 is 16.7 Å². The van der Waals surface area contributed by atoms with Gasteiger partial charge in [0.1, 0.15) is 5.82 Å². The fourth-order valence-electron chi connectivity index (χ4n) is 3.19. The molecule has 0 fully saturated rings. The third-order valence-corrected chi connectivity index (χ3v) is 4.80. The molecule has 0 atom stereocenters. The number of rotatable bonds is 6. The number of nitrogens with one attached hydrogen (secondary N) is 2. The molecule has 0 radical (unpaired) electrons. The average Bonchev–Trinajstić information content (AvgIpc) is 2.66. The lowest BCUT2D eigenvalue weighted by atomic mass is 9.84. The number of H-pyrrole nitrogens is 1. The summed E-state index contributed by atoms with van der Waals surface area (Å²) in [6.45, 7) is 4.09. The van der Waals surface area contributed by atoms with Crippen LogP contribution in [0.5, 0.6) is 0 Å². The van der Waals surface area contributed by atoms with Crippen LogP contribution in [-0.4, -0.2) is 22.0 Å². The molecule has 28 heavy (non-hydrogen) atoms. The Balaban J connectivity index is 1.69. The van der Waals surface area contributed by atoms with Crippen molar-refractivity contribution in [1.29, 1.82) is 0 Å². The Kier molecular flexibility index (Phi) is 5.44. The molecule has 6 nitrogen and oxygen atoms in total. The van der Waals surface area contributed by atoms with Gasteiger partial charge in [-0.3, -0.25) is 19.1 Å². The van der Waals surface area contributed by atoms with Crippen LogP contribution in [0.25, 0.3) is 10.9 Å². The Morgan fingerprint density at radius 3 is 2.54 bits per heavy atom. The van der Waals surface area contributed by atoms with Gasteiger partial charge in [-0.25, -0.2) is 9.18 Å². The summed E-state index contributed by atoms with van der Waals surface area (Å²) in [5.74, 6) is -0.570. The normalized spacial score (nSPS) is 11.5. The molecule has 0 aliphatic rings. The number of nitrogens with zero attached hydrogens (tertiary/aromatic N) is 1. The van der Waals surface area contributed by atoms with Crippen molar-refractivity contribution in [3.63, 3.8) is 0 Å². The number of fused-ring (bicyclic) bond motifs is 1. The number of halogens is 1. The SMILES string of the molecule is CC(C)(CNC(=O)CCn1c(=O)[nH]c(=O)c2ccccc21)c1ccccc1F. The van der Waals surface area contributed by atoms with E-state index in [0.29, 0.717) is 16.5 Å². The number of carbonyl (C=O) groups excluding carboxylic acids is 1. The van der Waals surface area contributed by atoms with Crippen LogP contribution in [0, 0.1) is 5.82 Å². The Bertz CT molecular complexity index is 1130. The van der Waals surface area contributed by atoms with Gasteiger partial charge in [-0.1, -0.05) is 44.2 Å². The number of benzene rings is 2. The lowest BCUT2D eigenvalue weighted by molar-refractivity contribution is -0.121. The molecule has 1 amide bonds. The average molecular weight is 383 g/mol. The van der Waals surface area contributed by atoms with Crippen molar-refractivity contribution in [3.8, 4) is 0 Å². The third kappa shape index (κ3) is 4.03. The summed E-state index contributed by atoms with van der Waals surface area (Å²) in [6, 6.07) is 13.2. The van der Waals surface area contributed by atoms with E-state index in [1.807, 2.05) is 13.8 Å². The quantitative estimate of drug-likeness (QED) is 0.685. The monoisotopic (exact) mass is 383 g/mol. The number of amides is 1. The highest BCUT2D eigenvalue weighted by atomic mass is 19.1. The highest BCUT2D eigenvalue weighted by Crippen LogP contribution is 2.24. The van der Waals surface area contributed by atoms with E-state index >= 15 is 0 Å². The van der Waals surface area contributed by atoms with Crippen LogP contribution in [-0.2, 0) is 16.8 Å². The number of hydrogen-bond acceptors (Lipinski definition) is 3. The zero-order valence-corrected chi connectivity index (χ0v) is 15.8. The zero-order valence-electron chi connectivity index (χ0n) is 15.8. The predicted molar refractivity (Wildman–Crippen MR) is 106 cm³/mol. The highest BCUT2D eigenvalue weighted by Gasteiger charge is 2.24. The summed E-state index contributed by atoms with van der Waals surface area (Å²) in [6.07, 6.45) is 0.0588. The van der Waals surface area contributed by atoms with Gasteiger partial charge in [-0.15, -0.1) is 0 Å². The Hall–Kier alpha value is -3.22. The van der Waals surface area contributed by atoms with Crippen LogP contribution in [0.4, 0.5) is 4.39 Å². The first-order chi connectivity index (χ1) is 13.3. The third-order valence-electron chi connectivity index (χ3n) is 4.80. The van der Waals surface area contributed by atoms with Crippen molar-refractivity contribution in [3.05, 3.63) is 80.7 Å². The fourth-order valence-corrected chi connectivity index (χ4v) is 3.19. The smallest absolute Gasteiger partial charge is 0.328 e. The summed E-state index contributed by atoms with van der Waals surface area (Å²) in [5, 5.41) is 3.20. The molecule has 1 aromatic heterocycles. The maximum atomic E-state index is 14.0. The van der Waals surface area contributed by atoms with Crippen LogP contribution in [0.1, 0.15) is 25.8 Å². The molecule has 7 heteroatoms. The lowest BCUT2D eigenvalue weighted by Crippen LogP contribution is -2.38. The standard InChI is InChI=1S/C21H22FN3O3/c1-21(2,15-8-4-5-9-16(15)22)13-23-18(26)11-12-25-17-10-6-3-7-14(17)19(27)24-20(25)28/h3-10H,11-13H2,1-2H3,(H,23,26)(H,24,27,28). The number of para-hydroxylation sites is 1. The van der Waals surface area contributed by atoms with E-state index in [-0.39, 0.29) is 31.2 Å². The Morgan fingerprint density at radius 2 is 1.79 bits per heavy atom. The van der Waals surface area contributed by atoms with Crippen LogP contribution >= 0.6 is 0 Å². The molecule has 1 heterocycles. The summed E-state index contributed by atoms with van der Waals surface area (Å²) in [5.41, 5.74) is -0.576. The second-order valence-electron chi connectivity index (χ2n) is 7.32. The van der Waals surface area contributed by atoms with Crippen molar-refractivity contribution < 1.29 is 9.18 Å². The molecule has 3 aromatic rings. The van der Waals surface area contributed by atoms with E-state index in [4.69, 9.17) is 0 Å². The van der Waals surface area contributed by atoms with Gasteiger partial charge < -0.3 is 5.32 Å². The molecule has 0 aliphatic carbocycles. The van der Waals surface area contributed by atoms with Gasteiger partial charge in [0.2, 0.25) is 5.91 Å². The van der Waals surface area contributed by atoms with Crippen molar-refractivity contribution in [2.75, 3.05) is 6.54 Å². The largest absolute Gasteiger partial charge is 0.355 e. The minimum atomic E-state index is -0.581. The van der Waals surface area contributed by atoms with Crippen LogP contribution in [0.15, 0.2) is 58.1 Å². The molecule has 146 valence electrons. The molecule has 0 spiro atoms. The second-order valence-corrected chi connectivity index (χ2v) is 7.32. The first-order valence-corrected chi connectivity index (χ1v) is 9.03. The van der Waals surface area contributed by atoms with Crippen LogP contribution in [0.2, 0.25) is 0 Å². The Morgan fingerprint density at radius 1 is 1.11 bits per heavy atom. The molecule has 0 aliphatic heterocycles. The van der Waals surface area contributed by atoms with Crippen LogP contribution < -0.4 is 16.6 Å². The van der Waals surface area contributed by atoms with Gasteiger partial charge >= 0.3 is 5.69 Å². The molecular formula is C21H22FN3O3. The predicted octanol–water partition coefficient (Wildman–Crippen LogP) is 2.31. The van der Waals surface area contributed by atoms with E-state index in [1.54, 1.807) is 42.5 Å². The number of aromatic nitrogens is 2. The van der Waals surface area contributed by atoms with E-state index in [0.717, 1.165) is 0 Å². The van der Waals surface area contributed by atoms with Crippen molar-refractivity contribution in [1.82, 2.24) is 14.9 Å². The number of carbonyl (C=O) groups is 1. The Labute approximate surface area is 161 Å². The first-order valence-electron chi connectivity index (χ1n) is 9.03. The molecule has 0 saturated heterocycles. The molecule has 0 unspecified atom stereocenters. The van der Waals surface area contributed by atoms with Gasteiger partial charge in [-0.05, 0) is 23.8 Å². The molecule has 0 saturated carbocycles. The zero-order chi connectivity index (χ0) is 20.3. The summed E-state index contributed by atoms with van der Waals surface area (Å²) >= 11 is 0. The maximum Gasteiger partial charge on any atom is 0.328 e. The van der Waals surface area contributed by atoms with Gasteiger partial charge in [0.15, 0.2) is 0 Å². The van der Waals surface area contributed by atoms with E-state index in [1.165, 1.54) is 10.6 Å². The second kappa shape index (κ2) is 7.80. The van der Waals surface area contributed by atoms with E-state index in [9.17, 15) is 18.8 Å². The van der Waals surface area contributed by atoms with Crippen molar-refractivity contribution >= 4 is 16.8 Å². The summed E-state index contributed by atoms with van der Waals surface area (Å²) in [7, 11) is 0. The van der Waals surface area contributed by atoms with Crippen molar-refractivity contribution in [2.45, 2.75) is 32.2 Å². The molecule has 2 aromatic carbocycles. The lowest BCUT2D eigenvalue weighted by Gasteiger charge is -2.26. The number of aromatic amines is 1. The van der Waals surface area contributed by atoms with Gasteiger partial charge in [0.05, 0.1) is 10.9 Å². The summed E-state index contributed by atoms with van der Waals surface area (Å²) in [4.78, 5) is 38.6. The molecule has 0 bridgehead atoms. The molecular weight excluding hydrogens is 361 g/mol. The summed E-state index contributed by atoms with van der Waals surface area (Å²) < 4.78 is 15.4. The van der Waals surface area contributed by atoms with Gasteiger partial charge in [0, 0.05) is 24.9 Å². The minimum Gasteiger partial charge on any atom is -0.355 e. The van der Waals surface area contributed by atoms with Gasteiger partial charge in [0.25, 0.3) is 5.56 Å². The van der Waals surface area contributed by atoms with Crippen molar-refractivity contribution in [2.24, 2.45) is 0 Å². The number of aryl methyl sites for hydroxylation is 1. The van der Waals surface area contributed by atoms with Crippen LogP contribution in [0.3, 0.4) is 0 Å². The number of hydrogen-bond donors (Lipinski definition) is 2. The maximum absolute atomic E-state index is 14.0. The molecule has 3 rings (SSSR count). The van der Waals surface area contributed by atoms with Gasteiger partial charge in [-0.2, -0.15) is 0 Å². The molecule has 2 N–H and O–H groups in total. The highest BCUT2D eigenvalue weighted by molar-refractivity contribution is 5.78.